The van der Waals surface area contributed by atoms with Crippen molar-refractivity contribution in [3.8, 4) is 0 Å². The van der Waals surface area contributed by atoms with Gasteiger partial charge >= 0.3 is 0 Å². The monoisotopic (exact) mass is 208 g/mol. The van der Waals surface area contributed by atoms with E-state index in [2.05, 4.69) is 17.6 Å². The molecule has 3 heteroatoms. The van der Waals surface area contributed by atoms with E-state index in [-0.39, 0.29) is 11.9 Å². The van der Waals surface area contributed by atoms with Gasteiger partial charge in [0.25, 0.3) is 0 Å². The first kappa shape index (κ1) is 10.6. The van der Waals surface area contributed by atoms with Crippen LogP contribution >= 0.6 is 0 Å². The predicted octanol–water partition coefficient (Wildman–Crippen LogP) is 1.76. The summed E-state index contributed by atoms with van der Waals surface area (Å²) in [4.78, 5) is 0. The Kier molecular flexibility index (Phi) is 3.03. The van der Waals surface area contributed by atoms with E-state index in [1.54, 1.807) is 13.0 Å². The van der Waals surface area contributed by atoms with Crippen LogP contribution in [0, 0.1) is 12.7 Å². The fraction of sp³-hybridized carbons (Fsp3) is 0.500. The number of rotatable bonds is 1. The second kappa shape index (κ2) is 4.29. The Hall–Kier alpha value is -0.930. The summed E-state index contributed by atoms with van der Waals surface area (Å²) < 4.78 is 13.1. The summed E-state index contributed by atoms with van der Waals surface area (Å²) in [7, 11) is 0. The lowest BCUT2D eigenvalue weighted by atomic mass is 9.97. The van der Waals surface area contributed by atoms with Crippen LogP contribution < -0.4 is 10.6 Å². The molecule has 1 aliphatic heterocycles. The van der Waals surface area contributed by atoms with Crippen LogP contribution in [-0.4, -0.2) is 19.1 Å². The van der Waals surface area contributed by atoms with Gasteiger partial charge in [-0.3, -0.25) is 0 Å². The second-order valence-corrected chi connectivity index (χ2v) is 4.18. The molecule has 0 saturated carbocycles. The van der Waals surface area contributed by atoms with Gasteiger partial charge < -0.3 is 10.6 Å². The minimum Gasteiger partial charge on any atom is -0.311 e. The third-order valence-electron chi connectivity index (χ3n) is 3.00. The molecule has 1 saturated heterocycles. The van der Waals surface area contributed by atoms with Gasteiger partial charge in [0.15, 0.2) is 0 Å². The molecule has 0 spiro atoms. The Morgan fingerprint density at radius 2 is 2.00 bits per heavy atom. The molecule has 1 aromatic carbocycles. The lowest BCUT2D eigenvalue weighted by molar-refractivity contribution is 0.345. The molecule has 2 unspecified atom stereocenters. The van der Waals surface area contributed by atoms with Gasteiger partial charge in [0, 0.05) is 25.2 Å². The number of hydrogen-bond acceptors (Lipinski definition) is 2. The largest absolute Gasteiger partial charge is 0.311 e. The average molecular weight is 208 g/mol. The summed E-state index contributed by atoms with van der Waals surface area (Å²) in [6.07, 6.45) is 0. The van der Waals surface area contributed by atoms with Crippen molar-refractivity contribution in [2.45, 2.75) is 25.9 Å². The van der Waals surface area contributed by atoms with Crippen LogP contribution in [0.4, 0.5) is 4.39 Å². The van der Waals surface area contributed by atoms with Crippen LogP contribution in [0.3, 0.4) is 0 Å². The lowest BCUT2D eigenvalue weighted by Crippen LogP contribution is -2.49. The summed E-state index contributed by atoms with van der Waals surface area (Å²) in [5, 5.41) is 6.86. The third-order valence-corrected chi connectivity index (χ3v) is 3.00. The number of halogens is 1. The normalized spacial score (nSPS) is 26.6. The second-order valence-electron chi connectivity index (χ2n) is 4.18. The molecule has 0 radical (unpaired) electrons. The Morgan fingerprint density at radius 3 is 2.67 bits per heavy atom. The van der Waals surface area contributed by atoms with Crippen LogP contribution in [0.25, 0.3) is 0 Å². The van der Waals surface area contributed by atoms with Crippen molar-refractivity contribution < 1.29 is 4.39 Å². The molecule has 1 heterocycles. The van der Waals surface area contributed by atoms with Gasteiger partial charge in [0.2, 0.25) is 0 Å². The Labute approximate surface area is 89.9 Å². The summed E-state index contributed by atoms with van der Waals surface area (Å²) >= 11 is 0. The predicted molar refractivity (Wildman–Crippen MR) is 59.3 cm³/mol. The Morgan fingerprint density at radius 1 is 1.27 bits per heavy atom. The first-order valence-electron chi connectivity index (χ1n) is 5.41. The molecule has 0 bridgehead atoms. The SMILES string of the molecule is Cc1cc(C2NCCNC2C)ccc1F. The van der Waals surface area contributed by atoms with Crippen molar-refractivity contribution in [1.29, 1.82) is 0 Å². The maximum absolute atomic E-state index is 13.1. The molecule has 2 atom stereocenters. The Balaban J connectivity index is 2.24. The highest BCUT2D eigenvalue weighted by Crippen LogP contribution is 2.20. The van der Waals surface area contributed by atoms with Crippen molar-refractivity contribution in [1.82, 2.24) is 10.6 Å². The fourth-order valence-corrected chi connectivity index (χ4v) is 2.09. The maximum Gasteiger partial charge on any atom is 0.126 e. The summed E-state index contributed by atoms with van der Waals surface area (Å²) in [5.74, 6) is -0.129. The molecule has 2 rings (SSSR count). The van der Waals surface area contributed by atoms with Gasteiger partial charge in [-0.1, -0.05) is 12.1 Å². The van der Waals surface area contributed by atoms with E-state index < -0.39 is 0 Å². The van der Waals surface area contributed by atoms with E-state index in [0.717, 1.165) is 18.7 Å². The Bertz CT molecular complexity index is 351. The molecule has 0 aliphatic carbocycles. The number of benzene rings is 1. The molecular weight excluding hydrogens is 191 g/mol. The molecule has 1 aliphatic rings. The molecule has 1 aromatic rings. The molecule has 1 fully saturated rings. The average Bonchev–Trinajstić information content (AvgIpc) is 2.23. The van der Waals surface area contributed by atoms with Crippen LogP contribution in [0.1, 0.15) is 24.1 Å². The third kappa shape index (κ3) is 2.19. The van der Waals surface area contributed by atoms with Gasteiger partial charge in [-0.15, -0.1) is 0 Å². The van der Waals surface area contributed by atoms with E-state index in [9.17, 15) is 4.39 Å². The minimum atomic E-state index is -0.129. The van der Waals surface area contributed by atoms with E-state index in [1.807, 2.05) is 12.1 Å². The summed E-state index contributed by atoms with van der Waals surface area (Å²) in [6.45, 7) is 5.92. The molecule has 2 N–H and O–H groups in total. The molecule has 0 aromatic heterocycles. The zero-order chi connectivity index (χ0) is 10.8. The topological polar surface area (TPSA) is 24.1 Å². The zero-order valence-electron chi connectivity index (χ0n) is 9.18. The van der Waals surface area contributed by atoms with Crippen molar-refractivity contribution in [2.24, 2.45) is 0 Å². The lowest BCUT2D eigenvalue weighted by Gasteiger charge is -2.31. The molecule has 15 heavy (non-hydrogen) atoms. The van der Waals surface area contributed by atoms with Crippen molar-refractivity contribution >= 4 is 0 Å². The molecular formula is C12H17FN2. The number of nitrogens with one attached hydrogen (secondary N) is 2. The molecule has 2 nitrogen and oxygen atoms in total. The van der Waals surface area contributed by atoms with Gasteiger partial charge in [-0.05, 0) is 31.0 Å². The number of aryl methyl sites for hydroxylation is 1. The highest BCUT2D eigenvalue weighted by molar-refractivity contribution is 5.27. The van der Waals surface area contributed by atoms with Gasteiger partial charge in [-0.2, -0.15) is 0 Å². The standard InChI is InChI=1S/C12H17FN2/c1-8-7-10(3-4-11(8)13)12-9(2)14-5-6-15-12/h3-4,7,9,12,14-15H,5-6H2,1-2H3. The first-order chi connectivity index (χ1) is 7.18. The number of hydrogen-bond donors (Lipinski definition) is 2. The molecule has 82 valence electrons. The van der Waals surface area contributed by atoms with Crippen LogP contribution in [0.5, 0.6) is 0 Å². The summed E-state index contributed by atoms with van der Waals surface area (Å²) in [5.41, 5.74) is 1.88. The van der Waals surface area contributed by atoms with Crippen molar-refractivity contribution in [3.05, 3.63) is 35.1 Å². The van der Waals surface area contributed by atoms with Crippen molar-refractivity contribution in [3.63, 3.8) is 0 Å². The van der Waals surface area contributed by atoms with Gasteiger partial charge in [0.05, 0.1) is 0 Å². The number of piperazine rings is 1. The first-order valence-corrected chi connectivity index (χ1v) is 5.41. The van der Waals surface area contributed by atoms with E-state index in [0.29, 0.717) is 11.6 Å². The van der Waals surface area contributed by atoms with E-state index >= 15 is 0 Å². The molecule has 0 amide bonds. The van der Waals surface area contributed by atoms with Crippen LogP contribution in [0.15, 0.2) is 18.2 Å². The van der Waals surface area contributed by atoms with E-state index in [1.165, 1.54) is 0 Å². The van der Waals surface area contributed by atoms with Gasteiger partial charge in [0.1, 0.15) is 5.82 Å². The smallest absolute Gasteiger partial charge is 0.126 e. The zero-order valence-corrected chi connectivity index (χ0v) is 9.18. The highest BCUT2D eigenvalue weighted by Gasteiger charge is 2.21. The summed E-state index contributed by atoms with van der Waals surface area (Å²) in [6, 6.07) is 6.02. The van der Waals surface area contributed by atoms with Crippen molar-refractivity contribution in [2.75, 3.05) is 13.1 Å². The highest BCUT2D eigenvalue weighted by atomic mass is 19.1. The fourth-order valence-electron chi connectivity index (χ4n) is 2.09. The van der Waals surface area contributed by atoms with E-state index in [4.69, 9.17) is 0 Å². The van der Waals surface area contributed by atoms with Gasteiger partial charge in [-0.25, -0.2) is 4.39 Å². The minimum absolute atomic E-state index is 0.129. The maximum atomic E-state index is 13.1. The van der Waals surface area contributed by atoms with Crippen LogP contribution in [-0.2, 0) is 0 Å². The quantitative estimate of drug-likeness (QED) is 0.735. The van der Waals surface area contributed by atoms with Crippen LogP contribution in [0.2, 0.25) is 0 Å².